The Bertz CT molecular complexity index is 813. The summed E-state index contributed by atoms with van der Waals surface area (Å²) in [5.74, 6) is 0.320. The highest BCUT2D eigenvalue weighted by Gasteiger charge is 2.23. The largest absolute Gasteiger partial charge is 0.353 e. The second-order valence-electron chi connectivity index (χ2n) is 6.41. The number of carbonyl (C=O) groups excluding carboxylic acids is 3. The number of nitrogens with zero attached hydrogens (tertiary/aromatic N) is 3. The lowest BCUT2D eigenvalue weighted by molar-refractivity contribution is -0.134. The minimum absolute atomic E-state index is 0.0344. The number of benzene rings is 1. The standard InChI is InChI=1S/C20H22N4O3/c1-15(25)16-5-7-17(8-6-16)22-19(26)14-20(27)24-12-10-23(11-13-24)18-4-2-3-9-21-18/h2-9H,10-14H2,1H3,(H,22,26). The van der Waals surface area contributed by atoms with Crippen LogP contribution in [0.15, 0.2) is 48.7 Å². The molecule has 7 nitrogen and oxygen atoms in total. The summed E-state index contributed by atoms with van der Waals surface area (Å²) in [5.41, 5.74) is 1.15. The number of rotatable bonds is 5. The molecule has 0 aliphatic carbocycles. The average Bonchev–Trinajstić information content (AvgIpc) is 2.69. The molecule has 7 heteroatoms. The van der Waals surface area contributed by atoms with Crippen molar-refractivity contribution in [1.29, 1.82) is 0 Å². The molecule has 1 aliphatic rings. The van der Waals surface area contributed by atoms with Gasteiger partial charge in [0.15, 0.2) is 5.78 Å². The molecular weight excluding hydrogens is 344 g/mol. The molecule has 0 bridgehead atoms. The Morgan fingerprint density at radius 3 is 2.30 bits per heavy atom. The van der Waals surface area contributed by atoms with Gasteiger partial charge in [-0.3, -0.25) is 14.4 Å². The molecule has 0 spiro atoms. The van der Waals surface area contributed by atoms with Gasteiger partial charge in [0, 0.05) is 43.6 Å². The number of pyridine rings is 1. The van der Waals surface area contributed by atoms with Crippen LogP contribution in [-0.4, -0.2) is 53.7 Å². The number of nitrogens with one attached hydrogen (secondary N) is 1. The molecule has 1 aliphatic heterocycles. The lowest BCUT2D eigenvalue weighted by Crippen LogP contribution is -2.49. The molecule has 2 aromatic rings. The van der Waals surface area contributed by atoms with Crippen LogP contribution in [0.25, 0.3) is 0 Å². The predicted octanol–water partition coefficient (Wildman–Crippen LogP) is 1.96. The Morgan fingerprint density at radius 1 is 1.00 bits per heavy atom. The Morgan fingerprint density at radius 2 is 1.70 bits per heavy atom. The van der Waals surface area contributed by atoms with Gasteiger partial charge in [-0.25, -0.2) is 4.98 Å². The third-order valence-electron chi connectivity index (χ3n) is 4.49. The number of carbonyl (C=O) groups is 3. The molecule has 1 aromatic heterocycles. The van der Waals surface area contributed by atoms with Gasteiger partial charge < -0.3 is 15.1 Å². The molecule has 0 radical (unpaired) electrons. The lowest BCUT2D eigenvalue weighted by atomic mass is 10.1. The second-order valence-corrected chi connectivity index (χ2v) is 6.41. The van der Waals surface area contributed by atoms with Gasteiger partial charge in [-0.15, -0.1) is 0 Å². The molecule has 3 rings (SSSR count). The lowest BCUT2D eigenvalue weighted by Gasteiger charge is -2.35. The molecule has 2 amide bonds. The van der Waals surface area contributed by atoms with E-state index in [0.29, 0.717) is 37.4 Å². The maximum Gasteiger partial charge on any atom is 0.233 e. The van der Waals surface area contributed by atoms with E-state index in [-0.39, 0.29) is 24.0 Å². The molecule has 0 atom stereocenters. The van der Waals surface area contributed by atoms with E-state index in [4.69, 9.17) is 0 Å². The molecule has 1 N–H and O–H groups in total. The van der Waals surface area contributed by atoms with Gasteiger partial charge in [0.05, 0.1) is 0 Å². The number of anilines is 2. The fourth-order valence-corrected chi connectivity index (χ4v) is 2.97. The Balaban J connectivity index is 1.47. The molecule has 0 unspecified atom stereocenters. The van der Waals surface area contributed by atoms with Crippen LogP contribution in [0.2, 0.25) is 0 Å². The van der Waals surface area contributed by atoms with Gasteiger partial charge >= 0.3 is 0 Å². The molecule has 1 fully saturated rings. The predicted molar refractivity (Wildman–Crippen MR) is 103 cm³/mol. The summed E-state index contributed by atoms with van der Waals surface area (Å²) in [5, 5.41) is 2.69. The van der Waals surface area contributed by atoms with E-state index in [1.54, 1.807) is 35.4 Å². The van der Waals surface area contributed by atoms with Crippen LogP contribution in [0.3, 0.4) is 0 Å². The maximum absolute atomic E-state index is 12.4. The number of aromatic nitrogens is 1. The van der Waals surface area contributed by atoms with Gasteiger partial charge in [-0.2, -0.15) is 0 Å². The molecule has 2 heterocycles. The van der Waals surface area contributed by atoms with Crippen molar-refractivity contribution in [3.8, 4) is 0 Å². The monoisotopic (exact) mass is 366 g/mol. The van der Waals surface area contributed by atoms with Crippen LogP contribution in [-0.2, 0) is 9.59 Å². The fourth-order valence-electron chi connectivity index (χ4n) is 2.97. The number of amides is 2. The fraction of sp³-hybridized carbons (Fsp3) is 0.300. The second kappa shape index (κ2) is 8.44. The zero-order valence-corrected chi connectivity index (χ0v) is 15.2. The zero-order chi connectivity index (χ0) is 19.2. The van der Waals surface area contributed by atoms with Crippen molar-refractivity contribution in [1.82, 2.24) is 9.88 Å². The van der Waals surface area contributed by atoms with E-state index in [9.17, 15) is 14.4 Å². The third-order valence-corrected chi connectivity index (χ3v) is 4.49. The quantitative estimate of drug-likeness (QED) is 0.646. The van der Waals surface area contributed by atoms with Gasteiger partial charge in [-0.05, 0) is 43.3 Å². The highest BCUT2D eigenvalue weighted by molar-refractivity contribution is 6.04. The van der Waals surface area contributed by atoms with E-state index in [1.165, 1.54) is 6.92 Å². The minimum atomic E-state index is -0.359. The summed E-state index contributed by atoms with van der Waals surface area (Å²) >= 11 is 0. The molecule has 140 valence electrons. The molecular formula is C20H22N4O3. The molecule has 27 heavy (non-hydrogen) atoms. The SMILES string of the molecule is CC(=O)c1ccc(NC(=O)CC(=O)N2CCN(c3ccccn3)CC2)cc1. The molecule has 0 saturated carbocycles. The number of ketones is 1. The van der Waals surface area contributed by atoms with Crippen LogP contribution < -0.4 is 10.2 Å². The first-order valence-electron chi connectivity index (χ1n) is 8.87. The third kappa shape index (κ3) is 4.91. The first-order chi connectivity index (χ1) is 13.0. The highest BCUT2D eigenvalue weighted by Crippen LogP contribution is 2.14. The van der Waals surface area contributed by atoms with E-state index in [0.717, 1.165) is 5.82 Å². The van der Waals surface area contributed by atoms with Crippen LogP contribution in [0, 0.1) is 0 Å². The first-order valence-corrected chi connectivity index (χ1v) is 8.87. The van der Waals surface area contributed by atoms with Gasteiger partial charge in [-0.1, -0.05) is 6.07 Å². The molecule has 1 aromatic carbocycles. The number of piperazine rings is 1. The number of hydrogen-bond acceptors (Lipinski definition) is 5. The Hall–Kier alpha value is -3.22. The van der Waals surface area contributed by atoms with E-state index >= 15 is 0 Å². The topological polar surface area (TPSA) is 82.6 Å². The van der Waals surface area contributed by atoms with Crippen LogP contribution in [0.4, 0.5) is 11.5 Å². The van der Waals surface area contributed by atoms with Crippen LogP contribution in [0.1, 0.15) is 23.7 Å². The van der Waals surface area contributed by atoms with E-state index in [2.05, 4.69) is 15.2 Å². The van der Waals surface area contributed by atoms with Crippen molar-refractivity contribution >= 4 is 29.1 Å². The van der Waals surface area contributed by atoms with Crippen molar-refractivity contribution < 1.29 is 14.4 Å². The normalized spacial score (nSPS) is 14.0. The maximum atomic E-state index is 12.4. The van der Waals surface area contributed by atoms with Crippen LogP contribution in [0.5, 0.6) is 0 Å². The average molecular weight is 366 g/mol. The molecule has 1 saturated heterocycles. The smallest absolute Gasteiger partial charge is 0.233 e. The van der Waals surface area contributed by atoms with Crippen molar-refractivity contribution in [2.75, 3.05) is 36.4 Å². The summed E-state index contributed by atoms with van der Waals surface area (Å²) in [4.78, 5) is 43.9. The zero-order valence-electron chi connectivity index (χ0n) is 15.2. The summed E-state index contributed by atoms with van der Waals surface area (Å²) in [6, 6.07) is 12.4. The van der Waals surface area contributed by atoms with Gasteiger partial charge in [0.1, 0.15) is 12.2 Å². The summed E-state index contributed by atoms with van der Waals surface area (Å²) in [6.07, 6.45) is 1.55. The van der Waals surface area contributed by atoms with Crippen molar-refractivity contribution in [3.63, 3.8) is 0 Å². The minimum Gasteiger partial charge on any atom is -0.353 e. The first kappa shape index (κ1) is 18.6. The Labute approximate surface area is 158 Å². The number of hydrogen-bond donors (Lipinski definition) is 1. The van der Waals surface area contributed by atoms with Gasteiger partial charge in [0.2, 0.25) is 11.8 Å². The highest BCUT2D eigenvalue weighted by atomic mass is 16.2. The van der Waals surface area contributed by atoms with Crippen molar-refractivity contribution in [2.45, 2.75) is 13.3 Å². The summed E-state index contributed by atoms with van der Waals surface area (Å²) < 4.78 is 0. The van der Waals surface area contributed by atoms with Gasteiger partial charge in [0.25, 0.3) is 0 Å². The summed E-state index contributed by atoms with van der Waals surface area (Å²) in [7, 11) is 0. The van der Waals surface area contributed by atoms with Crippen molar-refractivity contribution in [2.24, 2.45) is 0 Å². The Kier molecular flexibility index (Phi) is 5.80. The van der Waals surface area contributed by atoms with Crippen molar-refractivity contribution in [3.05, 3.63) is 54.2 Å². The van der Waals surface area contributed by atoms with E-state index in [1.807, 2.05) is 18.2 Å². The summed E-state index contributed by atoms with van der Waals surface area (Å²) in [6.45, 7) is 4.00. The van der Waals surface area contributed by atoms with E-state index < -0.39 is 0 Å². The number of Topliss-reactive ketones (excluding diaryl/α,β-unsaturated/α-hetero) is 1. The van der Waals surface area contributed by atoms with Crippen LogP contribution >= 0.6 is 0 Å².